The highest BCUT2D eigenvalue weighted by Crippen LogP contribution is 2.17. The van der Waals surface area contributed by atoms with Gasteiger partial charge in [0.05, 0.1) is 17.6 Å². The van der Waals surface area contributed by atoms with Crippen LogP contribution in [0.3, 0.4) is 0 Å². The highest BCUT2D eigenvalue weighted by Gasteiger charge is 2.02. The standard InChI is InChI=1S/C11H9ClN2O/c12-8-3-1-7-2-4-9(6-11(13)15)14-10(7)5-8/h1-5H,6H2,(H2,13,15). The van der Waals surface area contributed by atoms with Crippen molar-refractivity contribution in [2.24, 2.45) is 5.73 Å². The lowest BCUT2D eigenvalue weighted by Gasteiger charge is -2.01. The maximum atomic E-state index is 10.7. The van der Waals surface area contributed by atoms with Crippen molar-refractivity contribution in [2.75, 3.05) is 0 Å². The second kappa shape index (κ2) is 3.87. The molecule has 0 atom stereocenters. The van der Waals surface area contributed by atoms with Gasteiger partial charge in [-0.2, -0.15) is 0 Å². The molecule has 0 bridgehead atoms. The summed E-state index contributed by atoms with van der Waals surface area (Å²) in [5, 5.41) is 1.62. The third-order valence-electron chi connectivity index (χ3n) is 2.07. The van der Waals surface area contributed by atoms with Crippen molar-refractivity contribution in [3.63, 3.8) is 0 Å². The Labute approximate surface area is 91.9 Å². The number of benzene rings is 1. The van der Waals surface area contributed by atoms with Gasteiger partial charge in [0.15, 0.2) is 0 Å². The van der Waals surface area contributed by atoms with Crippen LogP contribution in [0.4, 0.5) is 0 Å². The van der Waals surface area contributed by atoms with E-state index in [9.17, 15) is 4.79 Å². The third kappa shape index (κ3) is 2.25. The summed E-state index contributed by atoms with van der Waals surface area (Å²) >= 11 is 5.85. The van der Waals surface area contributed by atoms with Crippen LogP contribution in [-0.2, 0) is 11.2 Å². The van der Waals surface area contributed by atoms with Crippen LogP contribution in [0.15, 0.2) is 30.3 Å². The highest BCUT2D eigenvalue weighted by atomic mass is 35.5. The Morgan fingerprint density at radius 2 is 2.07 bits per heavy atom. The Bertz CT molecular complexity index is 525. The van der Waals surface area contributed by atoms with Gasteiger partial charge in [0.2, 0.25) is 5.91 Å². The minimum Gasteiger partial charge on any atom is -0.369 e. The Hall–Kier alpha value is -1.61. The smallest absolute Gasteiger partial charge is 0.223 e. The maximum Gasteiger partial charge on any atom is 0.223 e. The summed E-state index contributed by atoms with van der Waals surface area (Å²) < 4.78 is 0. The van der Waals surface area contributed by atoms with E-state index in [0.717, 1.165) is 10.9 Å². The molecular weight excluding hydrogens is 212 g/mol. The lowest BCUT2D eigenvalue weighted by molar-refractivity contribution is -0.117. The average Bonchev–Trinajstić information content (AvgIpc) is 2.16. The Kier molecular flexibility index (Phi) is 2.56. The molecule has 1 aromatic heterocycles. The van der Waals surface area contributed by atoms with E-state index in [1.807, 2.05) is 12.1 Å². The third-order valence-corrected chi connectivity index (χ3v) is 2.30. The molecule has 0 saturated heterocycles. The monoisotopic (exact) mass is 220 g/mol. The van der Waals surface area contributed by atoms with Crippen molar-refractivity contribution < 1.29 is 4.79 Å². The second-order valence-corrected chi connectivity index (χ2v) is 3.72. The number of nitrogens with two attached hydrogens (primary N) is 1. The van der Waals surface area contributed by atoms with Crippen LogP contribution < -0.4 is 5.73 Å². The number of halogens is 1. The average molecular weight is 221 g/mol. The van der Waals surface area contributed by atoms with Crippen molar-refractivity contribution in [3.8, 4) is 0 Å². The van der Waals surface area contributed by atoms with Gasteiger partial charge in [-0.1, -0.05) is 23.7 Å². The van der Waals surface area contributed by atoms with Crippen LogP contribution in [0, 0.1) is 0 Å². The first-order chi connectivity index (χ1) is 7.15. The zero-order chi connectivity index (χ0) is 10.8. The fourth-order valence-electron chi connectivity index (χ4n) is 1.41. The van der Waals surface area contributed by atoms with E-state index >= 15 is 0 Å². The number of rotatable bonds is 2. The predicted octanol–water partition coefficient (Wildman–Crippen LogP) is 1.92. The van der Waals surface area contributed by atoms with Gasteiger partial charge in [-0.15, -0.1) is 0 Å². The number of aromatic nitrogens is 1. The quantitative estimate of drug-likeness (QED) is 0.841. The number of primary amides is 1. The zero-order valence-corrected chi connectivity index (χ0v) is 8.66. The number of amides is 1. The van der Waals surface area contributed by atoms with Crippen molar-refractivity contribution in [2.45, 2.75) is 6.42 Å². The molecule has 0 saturated carbocycles. The summed E-state index contributed by atoms with van der Waals surface area (Å²) in [6, 6.07) is 9.15. The van der Waals surface area contributed by atoms with Crippen LogP contribution in [0.2, 0.25) is 5.02 Å². The molecule has 2 aromatic rings. The van der Waals surface area contributed by atoms with Crippen molar-refractivity contribution >= 4 is 28.4 Å². The number of fused-ring (bicyclic) bond motifs is 1. The summed E-state index contributed by atoms with van der Waals surface area (Å²) in [7, 11) is 0. The first-order valence-corrected chi connectivity index (χ1v) is 4.86. The van der Waals surface area contributed by atoms with E-state index in [4.69, 9.17) is 17.3 Å². The minimum atomic E-state index is -0.385. The van der Waals surface area contributed by atoms with Crippen LogP contribution in [0.25, 0.3) is 10.9 Å². The molecule has 2 rings (SSSR count). The van der Waals surface area contributed by atoms with Gasteiger partial charge in [0.25, 0.3) is 0 Å². The summed E-state index contributed by atoms with van der Waals surface area (Å²) in [5.41, 5.74) is 6.54. The van der Waals surface area contributed by atoms with Crippen LogP contribution >= 0.6 is 11.6 Å². The van der Waals surface area contributed by atoms with Crippen molar-refractivity contribution in [1.29, 1.82) is 0 Å². The van der Waals surface area contributed by atoms with Gasteiger partial charge in [0, 0.05) is 10.4 Å². The van der Waals surface area contributed by atoms with Crippen LogP contribution in [0.5, 0.6) is 0 Å². The van der Waals surface area contributed by atoms with Gasteiger partial charge >= 0.3 is 0 Å². The molecule has 3 nitrogen and oxygen atoms in total. The lowest BCUT2D eigenvalue weighted by atomic mass is 10.2. The fourth-order valence-corrected chi connectivity index (χ4v) is 1.58. The van der Waals surface area contributed by atoms with Gasteiger partial charge in [-0.25, -0.2) is 0 Å². The lowest BCUT2D eigenvalue weighted by Crippen LogP contribution is -2.14. The molecule has 15 heavy (non-hydrogen) atoms. The summed E-state index contributed by atoms with van der Waals surface area (Å²) in [5.74, 6) is -0.385. The molecule has 0 aliphatic carbocycles. The second-order valence-electron chi connectivity index (χ2n) is 3.28. The Morgan fingerprint density at radius 3 is 2.80 bits per heavy atom. The topological polar surface area (TPSA) is 56.0 Å². The number of carbonyl (C=O) groups is 1. The molecule has 2 N–H and O–H groups in total. The first kappa shape index (κ1) is 9.93. The first-order valence-electron chi connectivity index (χ1n) is 4.48. The van der Waals surface area contributed by atoms with Crippen molar-refractivity contribution in [1.82, 2.24) is 4.98 Å². The van der Waals surface area contributed by atoms with Gasteiger partial charge in [0.1, 0.15) is 0 Å². The molecule has 1 aromatic carbocycles. The fraction of sp³-hybridized carbons (Fsp3) is 0.0909. The van der Waals surface area contributed by atoms with E-state index in [1.165, 1.54) is 0 Å². The molecule has 1 heterocycles. The zero-order valence-electron chi connectivity index (χ0n) is 7.90. The van der Waals surface area contributed by atoms with Crippen molar-refractivity contribution in [3.05, 3.63) is 41.0 Å². The van der Waals surface area contributed by atoms with E-state index in [2.05, 4.69) is 4.98 Å². The van der Waals surface area contributed by atoms with Crippen LogP contribution in [-0.4, -0.2) is 10.9 Å². The summed E-state index contributed by atoms with van der Waals surface area (Å²) in [4.78, 5) is 15.0. The number of hydrogen-bond donors (Lipinski definition) is 1. The molecule has 76 valence electrons. The molecule has 0 aliphatic rings. The number of pyridine rings is 1. The largest absolute Gasteiger partial charge is 0.369 e. The van der Waals surface area contributed by atoms with Gasteiger partial charge < -0.3 is 5.73 Å². The van der Waals surface area contributed by atoms with Crippen LogP contribution in [0.1, 0.15) is 5.69 Å². The number of carbonyl (C=O) groups excluding carboxylic acids is 1. The molecular formula is C11H9ClN2O. The normalized spacial score (nSPS) is 10.5. The Morgan fingerprint density at radius 1 is 1.33 bits per heavy atom. The van der Waals surface area contributed by atoms with E-state index < -0.39 is 0 Å². The summed E-state index contributed by atoms with van der Waals surface area (Å²) in [6.07, 6.45) is 0.155. The van der Waals surface area contributed by atoms with E-state index in [0.29, 0.717) is 10.7 Å². The summed E-state index contributed by atoms with van der Waals surface area (Å²) in [6.45, 7) is 0. The van der Waals surface area contributed by atoms with E-state index in [-0.39, 0.29) is 12.3 Å². The molecule has 0 radical (unpaired) electrons. The molecule has 4 heteroatoms. The van der Waals surface area contributed by atoms with Gasteiger partial charge in [-0.3, -0.25) is 9.78 Å². The SMILES string of the molecule is NC(=O)Cc1ccc2ccc(Cl)cc2n1. The predicted molar refractivity (Wildman–Crippen MR) is 59.7 cm³/mol. The van der Waals surface area contributed by atoms with E-state index in [1.54, 1.807) is 18.2 Å². The Balaban J connectivity index is 2.49. The molecule has 1 amide bonds. The van der Waals surface area contributed by atoms with Gasteiger partial charge in [-0.05, 0) is 18.2 Å². The number of hydrogen-bond acceptors (Lipinski definition) is 2. The molecule has 0 unspecified atom stereocenters. The number of nitrogens with zero attached hydrogens (tertiary/aromatic N) is 1. The molecule has 0 fully saturated rings. The molecule has 0 spiro atoms. The minimum absolute atomic E-state index is 0.155. The molecule has 0 aliphatic heterocycles. The maximum absolute atomic E-state index is 10.7. The highest BCUT2D eigenvalue weighted by molar-refractivity contribution is 6.31.